The highest BCUT2D eigenvalue weighted by atomic mass is 32.2. The van der Waals surface area contributed by atoms with Crippen molar-refractivity contribution in [3.8, 4) is 23.0 Å². The van der Waals surface area contributed by atoms with Crippen molar-refractivity contribution in [2.45, 2.75) is 33.1 Å². The Kier molecular flexibility index (Phi) is 9.80. The molecule has 4 aromatic rings. The van der Waals surface area contributed by atoms with Gasteiger partial charge in [0.2, 0.25) is 0 Å². The zero-order valence-corrected chi connectivity index (χ0v) is 26.3. The molecule has 4 aromatic carbocycles. The van der Waals surface area contributed by atoms with Gasteiger partial charge in [-0.1, -0.05) is 75.4 Å². The standard InChI is InChI=1S/C36H37NO6S/c1-5-40-32-23-25(13-18-31(32)43-22-21-41-28-16-14-27(15-17-28)36(2,3)4)24-33-34(38)37(35(39)44-33)19-20-42-30-12-8-10-26-9-6-7-11-29(26)30/h6-18,23-24H,5,19-22H2,1-4H3/b33-24-. The van der Waals surface area contributed by atoms with Crippen molar-refractivity contribution in [3.63, 3.8) is 0 Å². The maximum atomic E-state index is 13.1. The molecular formula is C36H37NO6S. The number of imide groups is 1. The van der Waals surface area contributed by atoms with E-state index >= 15 is 0 Å². The van der Waals surface area contributed by atoms with Gasteiger partial charge in [0.1, 0.15) is 31.3 Å². The predicted octanol–water partition coefficient (Wildman–Crippen LogP) is 8.11. The van der Waals surface area contributed by atoms with E-state index in [9.17, 15) is 9.59 Å². The van der Waals surface area contributed by atoms with E-state index < -0.39 is 0 Å². The summed E-state index contributed by atoms with van der Waals surface area (Å²) in [6.45, 7) is 9.94. The van der Waals surface area contributed by atoms with E-state index in [1.165, 1.54) is 10.5 Å². The second-order valence-electron chi connectivity index (χ2n) is 11.3. The van der Waals surface area contributed by atoms with Gasteiger partial charge in [-0.3, -0.25) is 14.5 Å². The van der Waals surface area contributed by atoms with E-state index in [0.29, 0.717) is 36.2 Å². The highest BCUT2D eigenvalue weighted by molar-refractivity contribution is 8.18. The molecule has 44 heavy (non-hydrogen) atoms. The largest absolute Gasteiger partial charge is 0.491 e. The minimum absolute atomic E-state index is 0.0889. The van der Waals surface area contributed by atoms with Gasteiger partial charge in [0.25, 0.3) is 11.1 Å². The third-order valence-electron chi connectivity index (χ3n) is 7.09. The Morgan fingerprint density at radius 2 is 1.48 bits per heavy atom. The number of amides is 2. The molecule has 0 aromatic heterocycles. The van der Waals surface area contributed by atoms with Crippen molar-refractivity contribution < 1.29 is 28.5 Å². The molecule has 0 saturated carbocycles. The van der Waals surface area contributed by atoms with E-state index in [0.717, 1.165) is 39.6 Å². The summed E-state index contributed by atoms with van der Waals surface area (Å²) in [4.78, 5) is 27.4. The maximum absolute atomic E-state index is 13.1. The first-order valence-corrected chi connectivity index (χ1v) is 15.5. The number of carbonyl (C=O) groups is 2. The molecule has 5 rings (SSSR count). The Labute approximate surface area is 262 Å². The lowest BCUT2D eigenvalue weighted by Crippen LogP contribution is -2.32. The van der Waals surface area contributed by atoms with E-state index in [4.69, 9.17) is 18.9 Å². The first kappa shape index (κ1) is 31.0. The van der Waals surface area contributed by atoms with Gasteiger partial charge in [0, 0.05) is 5.39 Å². The van der Waals surface area contributed by atoms with Crippen LogP contribution in [0.2, 0.25) is 0 Å². The van der Waals surface area contributed by atoms with Crippen LogP contribution in [0.4, 0.5) is 4.79 Å². The smallest absolute Gasteiger partial charge is 0.293 e. The van der Waals surface area contributed by atoms with E-state index in [1.54, 1.807) is 12.1 Å². The van der Waals surface area contributed by atoms with Crippen LogP contribution in [0.5, 0.6) is 23.0 Å². The number of hydrogen-bond acceptors (Lipinski definition) is 7. The molecule has 1 saturated heterocycles. The van der Waals surface area contributed by atoms with Gasteiger partial charge >= 0.3 is 0 Å². The van der Waals surface area contributed by atoms with Crippen LogP contribution < -0.4 is 18.9 Å². The average Bonchev–Trinajstić information content (AvgIpc) is 3.27. The minimum atomic E-state index is -0.340. The molecule has 1 fully saturated rings. The van der Waals surface area contributed by atoms with E-state index in [2.05, 4.69) is 32.9 Å². The van der Waals surface area contributed by atoms with E-state index in [-0.39, 0.29) is 29.7 Å². The normalized spacial score (nSPS) is 14.4. The second kappa shape index (κ2) is 13.9. The van der Waals surface area contributed by atoms with Crippen molar-refractivity contribution in [1.82, 2.24) is 4.90 Å². The summed E-state index contributed by atoms with van der Waals surface area (Å²) in [6, 6.07) is 27.3. The Morgan fingerprint density at radius 3 is 2.25 bits per heavy atom. The van der Waals surface area contributed by atoms with Crippen LogP contribution in [0, 0.1) is 0 Å². The molecular weight excluding hydrogens is 574 g/mol. The Balaban J connectivity index is 1.17. The topological polar surface area (TPSA) is 74.3 Å². The molecule has 0 spiro atoms. The number of benzene rings is 4. The lowest BCUT2D eigenvalue weighted by molar-refractivity contribution is -0.123. The van der Waals surface area contributed by atoms with Gasteiger partial charge in [0.15, 0.2) is 11.5 Å². The fourth-order valence-electron chi connectivity index (χ4n) is 4.78. The average molecular weight is 612 g/mol. The lowest BCUT2D eigenvalue weighted by atomic mass is 9.87. The quantitative estimate of drug-likeness (QED) is 0.118. The summed E-state index contributed by atoms with van der Waals surface area (Å²) in [5, 5.41) is 1.73. The number of carbonyl (C=O) groups excluding carboxylic acids is 2. The van der Waals surface area contributed by atoms with Crippen LogP contribution in [-0.4, -0.2) is 49.0 Å². The zero-order chi connectivity index (χ0) is 31.1. The number of thioether (sulfide) groups is 1. The molecule has 0 N–H and O–H groups in total. The summed E-state index contributed by atoms with van der Waals surface area (Å²) in [5.41, 5.74) is 2.07. The first-order valence-electron chi connectivity index (χ1n) is 14.7. The monoisotopic (exact) mass is 611 g/mol. The van der Waals surface area contributed by atoms with Crippen molar-refractivity contribution in [2.24, 2.45) is 0 Å². The predicted molar refractivity (Wildman–Crippen MR) is 176 cm³/mol. The number of hydrogen-bond donors (Lipinski definition) is 0. The molecule has 8 heteroatoms. The Morgan fingerprint density at radius 1 is 0.750 bits per heavy atom. The molecule has 228 valence electrons. The zero-order valence-electron chi connectivity index (χ0n) is 25.5. The summed E-state index contributed by atoms with van der Waals surface area (Å²) < 4.78 is 23.6. The highest BCUT2D eigenvalue weighted by Crippen LogP contribution is 2.35. The van der Waals surface area contributed by atoms with Crippen LogP contribution in [-0.2, 0) is 10.2 Å². The van der Waals surface area contributed by atoms with Crippen LogP contribution in [0.1, 0.15) is 38.8 Å². The Hall–Kier alpha value is -4.43. The number of rotatable bonds is 12. The maximum Gasteiger partial charge on any atom is 0.293 e. The summed E-state index contributed by atoms with van der Waals surface area (Å²) in [6.07, 6.45) is 1.70. The molecule has 0 bridgehead atoms. The summed E-state index contributed by atoms with van der Waals surface area (Å²) >= 11 is 0.920. The van der Waals surface area contributed by atoms with Gasteiger partial charge in [-0.2, -0.15) is 0 Å². The molecule has 0 radical (unpaired) electrons. The van der Waals surface area contributed by atoms with Crippen molar-refractivity contribution in [3.05, 3.63) is 101 Å². The van der Waals surface area contributed by atoms with E-state index in [1.807, 2.05) is 73.7 Å². The fraction of sp³-hybridized carbons (Fsp3) is 0.278. The second-order valence-corrected chi connectivity index (χ2v) is 12.3. The minimum Gasteiger partial charge on any atom is -0.491 e. The SMILES string of the molecule is CCOc1cc(/C=C2\SC(=O)N(CCOc3cccc4ccccc34)C2=O)ccc1OCCOc1ccc(C(C)(C)C)cc1. The van der Waals surface area contributed by atoms with Crippen molar-refractivity contribution >= 4 is 39.8 Å². The van der Waals surface area contributed by atoms with Crippen LogP contribution in [0.15, 0.2) is 89.8 Å². The van der Waals surface area contributed by atoms with Crippen LogP contribution in [0.3, 0.4) is 0 Å². The van der Waals surface area contributed by atoms with Gasteiger partial charge in [-0.25, -0.2) is 0 Å². The summed E-state index contributed by atoms with van der Waals surface area (Å²) in [5.74, 6) is 2.30. The third kappa shape index (κ3) is 7.55. The van der Waals surface area contributed by atoms with Gasteiger partial charge in [-0.05, 0) is 77.0 Å². The van der Waals surface area contributed by atoms with Gasteiger partial charge < -0.3 is 18.9 Å². The summed E-state index contributed by atoms with van der Waals surface area (Å²) in [7, 11) is 0. The molecule has 0 atom stereocenters. The third-order valence-corrected chi connectivity index (χ3v) is 8.00. The number of nitrogens with zero attached hydrogens (tertiary/aromatic N) is 1. The van der Waals surface area contributed by atoms with Crippen molar-refractivity contribution in [1.29, 1.82) is 0 Å². The van der Waals surface area contributed by atoms with Gasteiger partial charge in [0.05, 0.1) is 18.1 Å². The molecule has 0 aliphatic carbocycles. The molecule has 7 nitrogen and oxygen atoms in total. The lowest BCUT2D eigenvalue weighted by Gasteiger charge is -2.19. The molecule has 1 aliphatic rings. The van der Waals surface area contributed by atoms with Gasteiger partial charge in [-0.15, -0.1) is 0 Å². The fourth-order valence-corrected chi connectivity index (χ4v) is 5.64. The van der Waals surface area contributed by atoms with Crippen LogP contribution >= 0.6 is 11.8 Å². The first-order chi connectivity index (χ1) is 21.2. The number of fused-ring (bicyclic) bond motifs is 1. The Bertz CT molecular complexity index is 1650. The molecule has 1 aliphatic heterocycles. The highest BCUT2D eigenvalue weighted by Gasteiger charge is 2.35. The van der Waals surface area contributed by atoms with Crippen LogP contribution in [0.25, 0.3) is 16.8 Å². The van der Waals surface area contributed by atoms with Crippen molar-refractivity contribution in [2.75, 3.05) is 33.0 Å². The molecule has 1 heterocycles. The number of ether oxygens (including phenoxy) is 4. The molecule has 0 unspecified atom stereocenters. The molecule has 2 amide bonds.